The van der Waals surface area contributed by atoms with Crippen molar-refractivity contribution in [1.29, 1.82) is 0 Å². The maximum absolute atomic E-state index is 13.5. The Balaban J connectivity index is 2.74. The van der Waals surface area contributed by atoms with Gasteiger partial charge in [0, 0.05) is 12.0 Å². The van der Waals surface area contributed by atoms with Gasteiger partial charge < -0.3 is 5.32 Å². The van der Waals surface area contributed by atoms with Crippen molar-refractivity contribution < 1.29 is 4.39 Å². The molecule has 19 heavy (non-hydrogen) atoms. The zero-order valence-corrected chi connectivity index (χ0v) is 13.6. The Bertz CT molecular complexity index is 431. The van der Waals surface area contributed by atoms with E-state index in [9.17, 15) is 4.39 Å². The maximum atomic E-state index is 13.5. The van der Waals surface area contributed by atoms with Crippen LogP contribution in [0.1, 0.15) is 26.3 Å². The first-order chi connectivity index (χ1) is 8.88. The van der Waals surface area contributed by atoms with Gasteiger partial charge in [0.1, 0.15) is 5.82 Å². The van der Waals surface area contributed by atoms with Crippen molar-refractivity contribution in [3.05, 3.63) is 46.7 Å². The first-order valence-corrected chi connectivity index (χ1v) is 7.44. The van der Waals surface area contributed by atoms with Crippen molar-refractivity contribution in [2.75, 3.05) is 13.1 Å². The average molecular weight is 328 g/mol. The van der Waals surface area contributed by atoms with Gasteiger partial charge in [-0.05, 0) is 46.4 Å². The Kier molecular flexibility index (Phi) is 6.21. The third kappa shape index (κ3) is 5.07. The summed E-state index contributed by atoms with van der Waals surface area (Å²) in [5.41, 5.74) is 0.902. The molecule has 0 aromatic heterocycles. The van der Waals surface area contributed by atoms with Crippen LogP contribution in [0.15, 0.2) is 35.3 Å². The van der Waals surface area contributed by atoms with Crippen LogP contribution in [0.25, 0.3) is 0 Å². The van der Waals surface area contributed by atoms with Gasteiger partial charge in [-0.25, -0.2) is 4.39 Å². The lowest BCUT2D eigenvalue weighted by molar-refractivity contribution is 0.377. The van der Waals surface area contributed by atoms with Crippen LogP contribution in [0.4, 0.5) is 4.39 Å². The number of hydrogen-bond acceptors (Lipinski definition) is 1. The lowest BCUT2D eigenvalue weighted by Gasteiger charge is -2.27. The lowest BCUT2D eigenvalue weighted by atomic mass is 9.83. The second kappa shape index (κ2) is 7.20. The van der Waals surface area contributed by atoms with Gasteiger partial charge in [0.15, 0.2) is 0 Å². The van der Waals surface area contributed by atoms with Crippen molar-refractivity contribution in [2.24, 2.45) is 11.3 Å². The summed E-state index contributed by atoms with van der Waals surface area (Å²) in [5, 5.41) is 3.45. The Hall–Kier alpha value is -0.670. The topological polar surface area (TPSA) is 12.0 Å². The summed E-state index contributed by atoms with van der Waals surface area (Å²) in [6, 6.07) is 5.17. The Morgan fingerprint density at radius 1 is 1.47 bits per heavy atom. The molecule has 0 heterocycles. The summed E-state index contributed by atoms with van der Waals surface area (Å²) >= 11 is 3.32. The molecular formula is C16H23BrFN. The lowest BCUT2D eigenvalue weighted by Crippen LogP contribution is -2.34. The van der Waals surface area contributed by atoms with Crippen LogP contribution in [0.3, 0.4) is 0 Å². The highest BCUT2D eigenvalue weighted by Gasteiger charge is 2.22. The minimum Gasteiger partial charge on any atom is -0.316 e. The molecule has 1 aromatic rings. The highest BCUT2D eigenvalue weighted by atomic mass is 79.9. The summed E-state index contributed by atoms with van der Waals surface area (Å²) in [4.78, 5) is 0. The van der Waals surface area contributed by atoms with E-state index in [0.717, 1.165) is 25.1 Å². The van der Waals surface area contributed by atoms with E-state index in [1.165, 1.54) is 6.07 Å². The fourth-order valence-electron chi connectivity index (χ4n) is 1.97. The van der Waals surface area contributed by atoms with Crippen molar-refractivity contribution in [2.45, 2.75) is 27.2 Å². The number of benzene rings is 1. The van der Waals surface area contributed by atoms with Crippen LogP contribution in [-0.4, -0.2) is 13.1 Å². The van der Waals surface area contributed by atoms with E-state index in [1.54, 1.807) is 6.07 Å². The molecule has 1 rings (SSSR count). The van der Waals surface area contributed by atoms with Crippen LogP contribution in [-0.2, 0) is 6.42 Å². The predicted octanol–water partition coefficient (Wildman–Crippen LogP) is 4.57. The summed E-state index contributed by atoms with van der Waals surface area (Å²) in [6.45, 7) is 12.3. The highest BCUT2D eigenvalue weighted by Crippen LogP contribution is 2.29. The molecule has 1 nitrogen and oxygen atoms in total. The first kappa shape index (κ1) is 16.4. The average Bonchev–Trinajstić information content (AvgIpc) is 2.34. The molecule has 0 bridgehead atoms. The highest BCUT2D eigenvalue weighted by molar-refractivity contribution is 9.10. The Morgan fingerprint density at radius 2 is 2.16 bits per heavy atom. The molecule has 3 heteroatoms. The van der Waals surface area contributed by atoms with E-state index in [2.05, 4.69) is 48.6 Å². The molecule has 1 aromatic carbocycles. The van der Waals surface area contributed by atoms with E-state index >= 15 is 0 Å². The second-order valence-electron chi connectivity index (χ2n) is 5.77. The number of nitrogens with one attached hydrogen (secondary N) is 1. The SMILES string of the molecule is C=CC(C)(CNCC(C)C)Cc1cccc(F)c1Br. The Morgan fingerprint density at radius 3 is 2.74 bits per heavy atom. The summed E-state index contributed by atoms with van der Waals surface area (Å²) in [6.07, 6.45) is 2.72. The molecule has 1 atom stereocenters. The van der Waals surface area contributed by atoms with Gasteiger partial charge in [-0.2, -0.15) is 0 Å². The third-order valence-corrected chi connectivity index (χ3v) is 4.09. The first-order valence-electron chi connectivity index (χ1n) is 6.65. The van der Waals surface area contributed by atoms with Gasteiger partial charge in [0.25, 0.3) is 0 Å². The molecule has 0 amide bonds. The number of halogens is 2. The Labute approximate surface area is 124 Å². The minimum absolute atomic E-state index is 0.0782. The monoisotopic (exact) mass is 327 g/mol. The smallest absolute Gasteiger partial charge is 0.137 e. The molecule has 0 radical (unpaired) electrons. The number of rotatable bonds is 7. The van der Waals surface area contributed by atoms with E-state index in [0.29, 0.717) is 10.4 Å². The van der Waals surface area contributed by atoms with Crippen molar-refractivity contribution >= 4 is 15.9 Å². The summed E-state index contributed by atoms with van der Waals surface area (Å²) < 4.78 is 14.1. The molecule has 106 valence electrons. The van der Waals surface area contributed by atoms with E-state index in [-0.39, 0.29) is 11.2 Å². The van der Waals surface area contributed by atoms with Gasteiger partial charge in [-0.15, -0.1) is 6.58 Å². The van der Waals surface area contributed by atoms with Gasteiger partial charge in [-0.3, -0.25) is 0 Å². The molecule has 0 saturated heterocycles. The zero-order valence-electron chi connectivity index (χ0n) is 12.0. The molecule has 0 spiro atoms. The quantitative estimate of drug-likeness (QED) is 0.723. The molecular weight excluding hydrogens is 305 g/mol. The van der Waals surface area contributed by atoms with Crippen LogP contribution in [0.2, 0.25) is 0 Å². The van der Waals surface area contributed by atoms with Crippen LogP contribution in [0.5, 0.6) is 0 Å². The van der Waals surface area contributed by atoms with Crippen LogP contribution >= 0.6 is 15.9 Å². The second-order valence-corrected chi connectivity index (χ2v) is 6.57. The van der Waals surface area contributed by atoms with Gasteiger partial charge in [-0.1, -0.05) is 39.0 Å². The van der Waals surface area contributed by atoms with Gasteiger partial charge >= 0.3 is 0 Å². The molecule has 0 aliphatic carbocycles. The standard InChI is InChI=1S/C16H23BrFN/c1-5-16(4,11-19-10-12(2)3)9-13-7-6-8-14(18)15(13)17/h5-8,12,19H,1,9-11H2,2-4H3. The summed E-state index contributed by atoms with van der Waals surface area (Å²) in [5.74, 6) is 0.411. The van der Waals surface area contributed by atoms with Crippen molar-refractivity contribution in [3.8, 4) is 0 Å². The van der Waals surface area contributed by atoms with Gasteiger partial charge in [0.2, 0.25) is 0 Å². The summed E-state index contributed by atoms with van der Waals surface area (Å²) in [7, 11) is 0. The fourth-order valence-corrected chi connectivity index (χ4v) is 2.38. The van der Waals surface area contributed by atoms with E-state index in [1.807, 2.05) is 12.1 Å². The number of hydrogen-bond donors (Lipinski definition) is 1. The molecule has 0 saturated carbocycles. The molecule has 0 aliphatic heterocycles. The van der Waals surface area contributed by atoms with E-state index in [4.69, 9.17) is 0 Å². The van der Waals surface area contributed by atoms with Gasteiger partial charge in [0.05, 0.1) is 4.47 Å². The zero-order chi connectivity index (χ0) is 14.5. The largest absolute Gasteiger partial charge is 0.316 e. The van der Waals surface area contributed by atoms with E-state index < -0.39 is 0 Å². The molecule has 0 fully saturated rings. The predicted molar refractivity (Wildman–Crippen MR) is 83.8 cm³/mol. The minimum atomic E-state index is -0.209. The third-order valence-electron chi connectivity index (χ3n) is 3.20. The molecule has 1 unspecified atom stereocenters. The normalized spacial score (nSPS) is 14.4. The molecule has 1 N–H and O–H groups in total. The maximum Gasteiger partial charge on any atom is 0.137 e. The van der Waals surface area contributed by atoms with Crippen molar-refractivity contribution in [1.82, 2.24) is 5.32 Å². The fraction of sp³-hybridized carbons (Fsp3) is 0.500. The molecule has 0 aliphatic rings. The van der Waals surface area contributed by atoms with Crippen LogP contribution in [0, 0.1) is 17.2 Å². The van der Waals surface area contributed by atoms with Crippen molar-refractivity contribution in [3.63, 3.8) is 0 Å². The van der Waals surface area contributed by atoms with Crippen LogP contribution < -0.4 is 5.32 Å².